The van der Waals surface area contributed by atoms with Crippen LogP contribution in [0.3, 0.4) is 0 Å². The van der Waals surface area contributed by atoms with E-state index in [0.717, 1.165) is 25.1 Å². The number of hydrogen-bond acceptors (Lipinski definition) is 3. The lowest BCUT2D eigenvalue weighted by Gasteiger charge is -2.34. The molecule has 0 spiro atoms. The summed E-state index contributed by atoms with van der Waals surface area (Å²) in [5, 5.41) is 10.9. The molecular formula is C29H26N2O2. The number of likely N-dealkylation sites (tertiary alicyclic amines) is 1. The zero-order valence-electron chi connectivity index (χ0n) is 18.5. The first-order valence-electron chi connectivity index (χ1n) is 11.5. The van der Waals surface area contributed by atoms with Gasteiger partial charge in [0.05, 0.1) is 4.92 Å². The Hall–Kier alpha value is -3.92. The van der Waals surface area contributed by atoms with Gasteiger partial charge in [0.1, 0.15) is 0 Å². The highest BCUT2D eigenvalue weighted by molar-refractivity contribution is 5.94. The molecule has 1 aliphatic heterocycles. The molecule has 3 aromatic carbocycles. The maximum absolute atomic E-state index is 10.9. The van der Waals surface area contributed by atoms with Gasteiger partial charge in [-0.25, -0.2) is 0 Å². The lowest BCUT2D eigenvalue weighted by molar-refractivity contribution is -0.384. The quantitative estimate of drug-likeness (QED) is 0.256. The van der Waals surface area contributed by atoms with Crippen LogP contribution < -0.4 is 0 Å². The minimum Gasteiger partial charge on any atom is -0.371 e. The molecule has 0 radical (unpaired) electrons. The van der Waals surface area contributed by atoms with Crippen molar-refractivity contribution in [3.8, 4) is 0 Å². The summed E-state index contributed by atoms with van der Waals surface area (Å²) in [6, 6.07) is 24.0. The zero-order valence-corrected chi connectivity index (χ0v) is 18.5. The maximum atomic E-state index is 10.9. The van der Waals surface area contributed by atoms with E-state index in [1.165, 1.54) is 46.4 Å². The predicted octanol–water partition coefficient (Wildman–Crippen LogP) is 7.04. The fourth-order valence-corrected chi connectivity index (χ4v) is 4.77. The van der Waals surface area contributed by atoms with Crippen LogP contribution in [0.2, 0.25) is 0 Å². The Morgan fingerprint density at radius 3 is 2.12 bits per heavy atom. The lowest BCUT2D eigenvalue weighted by atomic mass is 9.89. The second-order valence-corrected chi connectivity index (χ2v) is 8.48. The van der Waals surface area contributed by atoms with Crippen LogP contribution in [0.1, 0.15) is 47.1 Å². The number of non-ortho nitro benzene ring substituents is 1. The van der Waals surface area contributed by atoms with Crippen molar-refractivity contribution in [1.82, 2.24) is 4.90 Å². The monoisotopic (exact) mass is 434 g/mol. The van der Waals surface area contributed by atoms with Crippen molar-refractivity contribution in [3.05, 3.63) is 123 Å². The molecule has 0 amide bonds. The summed E-state index contributed by atoms with van der Waals surface area (Å²) in [7, 11) is 0. The lowest BCUT2D eigenvalue weighted by Crippen LogP contribution is -2.29. The van der Waals surface area contributed by atoms with Crippen molar-refractivity contribution in [2.24, 2.45) is 0 Å². The Morgan fingerprint density at radius 1 is 0.848 bits per heavy atom. The highest BCUT2D eigenvalue weighted by Gasteiger charge is 2.23. The third-order valence-electron chi connectivity index (χ3n) is 6.40. The fraction of sp³-hybridized carbons (Fsp3) is 0.172. The van der Waals surface area contributed by atoms with Gasteiger partial charge in [-0.3, -0.25) is 10.1 Å². The van der Waals surface area contributed by atoms with Crippen LogP contribution in [-0.4, -0.2) is 22.9 Å². The van der Waals surface area contributed by atoms with E-state index in [1.807, 2.05) is 0 Å². The van der Waals surface area contributed by atoms with E-state index >= 15 is 0 Å². The third kappa shape index (κ3) is 4.37. The predicted molar refractivity (Wildman–Crippen MR) is 135 cm³/mol. The van der Waals surface area contributed by atoms with E-state index in [1.54, 1.807) is 24.3 Å². The van der Waals surface area contributed by atoms with Crippen molar-refractivity contribution in [3.63, 3.8) is 0 Å². The Labute approximate surface area is 194 Å². The van der Waals surface area contributed by atoms with Crippen LogP contribution in [0.4, 0.5) is 5.69 Å². The van der Waals surface area contributed by atoms with E-state index < -0.39 is 0 Å². The summed E-state index contributed by atoms with van der Waals surface area (Å²) in [6.07, 6.45) is 12.1. The molecule has 0 unspecified atom stereocenters. The SMILES string of the molecule is O=[N+]([O-])c1ccc(/C=C/CN2CCCCC2=C2c3ccccc3C=Cc3ccccc32)cc1. The van der Waals surface area contributed by atoms with Crippen molar-refractivity contribution < 1.29 is 4.92 Å². The molecule has 0 N–H and O–H groups in total. The van der Waals surface area contributed by atoms with Crippen LogP contribution in [-0.2, 0) is 0 Å². The molecule has 0 bridgehead atoms. The number of fused-ring (bicyclic) bond motifs is 2. The van der Waals surface area contributed by atoms with Crippen LogP contribution in [0, 0.1) is 10.1 Å². The van der Waals surface area contributed by atoms with Gasteiger partial charge in [0.15, 0.2) is 0 Å². The molecule has 0 saturated carbocycles. The van der Waals surface area contributed by atoms with E-state index in [2.05, 4.69) is 77.7 Å². The van der Waals surface area contributed by atoms with Crippen molar-refractivity contribution in [2.45, 2.75) is 19.3 Å². The Balaban J connectivity index is 1.51. The normalized spacial score (nSPS) is 15.3. The first-order chi connectivity index (χ1) is 16.2. The van der Waals surface area contributed by atoms with Gasteiger partial charge in [0.25, 0.3) is 5.69 Å². The number of hydrogen-bond donors (Lipinski definition) is 0. The van der Waals surface area contributed by atoms with Gasteiger partial charge in [0.2, 0.25) is 0 Å². The summed E-state index contributed by atoms with van der Waals surface area (Å²) < 4.78 is 0. The standard InChI is InChI=1S/C29H26N2O2/c32-31(33)25-18-14-22(15-19-25)8-7-21-30-20-6-5-13-28(30)29-26-11-3-1-9-23(26)16-17-24-10-2-4-12-27(24)29/h1-4,7-12,14-19H,5-6,13,20-21H2/b8-7+. The van der Waals surface area contributed by atoms with Crippen molar-refractivity contribution >= 4 is 29.5 Å². The summed E-state index contributed by atoms with van der Waals surface area (Å²) in [6.45, 7) is 1.84. The number of nitro groups is 1. The molecule has 2 aliphatic rings. The molecule has 33 heavy (non-hydrogen) atoms. The molecule has 3 aromatic rings. The second kappa shape index (κ2) is 9.29. The first kappa shape index (κ1) is 21.0. The summed E-state index contributed by atoms with van der Waals surface area (Å²) >= 11 is 0. The summed E-state index contributed by atoms with van der Waals surface area (Å²) in [5.74, 6) is 0. The van der Waals surface area contributed by atoms with Crippen LogP contribution in [0.5, 0.6) is 0 Å². The minimum absolute atomic E-state index is 0.120. The Morgan fingerprint density at radius 2 is 1.48 bits per heavy atom. The smallest absolute Gasteiger partial charge is 0.269 e. The number of rotatable bonds is 4. The third-order valence-corrected chi connectivity index (χ3v) is 6.40. The average Bonchev–Trinajstić information content (AvgIpc) is 3.02. The maximum Gasteiger partial charge on any atom is 0.269 e. The van der Waals surface area contributed by atoms with Gasteiger partial charge in [-0.2, -0.15) is 0 Å². The molecule has 0 atom stereocenters. The van der Waals surface area contributed by atoms with Gasteiger partial charge < -0.3 is 4.90 Å². The second-order valence-electron chi connectivity index (χ2n) is 8.48. The van der Waals surface area contributed by atoms with E-state index in [4.69, 9.17) is 0 Å². The number of piperidine rings is 1. The molecular weight excluding hydrogens is 408 g/mol. The molecule has 1 saturated heterocycles. The molecule has 1 fully saturated rings. The van der Waals surface area contributed by atoms with Gasteiger partial charge >= 0.3 is 0 Å². The summed E-state index contributed by atoms with van der Waals surface area (Å²) in [4.78, 5) is 13.0. The Bertz CT molecular complexity index is 1220. The zero-order chi connectivity index (χ0) is 22.6. The molecule has 5 rings (SSSR count). The minimum atomic E-state index is -0.364. The first-order valence-corrected chi connectivity index (χ1v) is 11.5. The van der Waals surface area contributed by atoms with Crippen LogP contribution in [0.15, 0.2) is 84.6 Å². The van der Waals surface area contributed by atoms with Gasteiger partial charge in [-0.1, -0.05) is 72.8 Å². The Kier molecular flexibility index (Phi) is 5.90. The number of benzene rings is 3. The molecule has 164 valence electrons. The highest BCUT2D eigenvalue weighted by Crippen LogP contribution is 2.39. The molecule has 4 nitrogen and oxygen atoms in total. The van der Waals surface area contributed by atoms with Crippen LogP contribution >= 0.6 is 0 Å². The fourth-order valence-electron chi connectivity index (χ4n) is 4.77. The molecule has 0 aromatic heterocycles. The van der Waals surface area contributed by atoms with E-state index in [-0.39, 0.29) is 10.6 Å². The average molecular weight is 435 g/mol. The number of allylic oxidation sites excluding steroid dienone is 1. The highest BCUT2D eigenvalue weighted by atomic mass is 16.6. The van der Waals surface area contributed by atoms with Crippen LogP contribution in [0.25, 0.3) is 23.8 Å². The topological polar surface area (TPSA) is 46.4 Å². The van der Waals surface area contributed by atoms with Gasteiger partial charge in [-0.15, -0.1) is 0 Å². The summed E-state index contributed by atoms with van der Waals surface area (Å²) in [5.41, 5.74) is 8.93. The van der Waals surface area contributed by atoms with Gasteiger partial charge in [0, 0.05) is 36.5 Å². The largest absolute Gasteiger partial charge is 0.371 e. The van der Waals surface area contributed by atoms with E-state index in [9.17, 15) is 10.1 Å². The van der Waals surface area contributed by atoms with Gasteiger partial charge in [-0.05, 0) is 59.2 Å². The number of nitro benzene ring substituents is 1. The van der Waals surface area contributed by atoms with E-state index in [0.29, 0.717) is 0 Å². The molecule has 1 aliphatic carbocycles. The molecule has 1 heterocycles. The van der Waals surface area contributed by atoms with Crippen molar-refractivity contribution in [1.29, 1.82) is 0 Å². The number of nitrogens with zero attached hydrogens (tertiary/aromatic N) is 2. The molecule has 4 heteroatoms. The van der Waals surface area contributed by atoms with Crippen molar-refractivity contribution in [2.75, 3.05) is 13.1 Å².